The largest absolute Gasteiger partial charge is 0.481 e. The Hall–Kier alpha value is -3.15. The summed E-state index contributed by atoms with van der Waals surface area (Å²) < 4.78 is 0. The van der Waals surface area contributed by atoms with Crippen LogP contribution in [0.1, 0.15) is 50.5 Å². The van der Waals surface area contributed by atoms with E-state index in [-0.39, 0.29) is 24.8 Å². The van der Waals surface area contributed by atoms with Crippen LogP contribution in [0.15, 0.2) is 54.6 Å². The maximum atomic E-state index is 13.1. The van der Waals surface area contributed by atoms with Crippen LogP contribution in [-0.2, 0) is 20.8 Å². The number of rotatable bonds is 10. The Labute approximate surface area is 182 Å². The van der Waals surface area contributed by atoms with Crippen molar-refractivity contribution in [3.8, 4) is 11.1 Å². The third-order valence-electron chi connectivity index (χ3n) is 6.12. The molecule has 2 aromatic carbocycles. The molecule has 1 aliphatic carbocycles. The van der Waals surface area contributed by atoms with Crippen LogP contribution in [0.5, 0.6) is 0 Å². The first kappa shape index (κ1) is 22.5. The summed E-state index contributed by atoms with van der Waals surface area (Å²) in [5.74, 6) is -2.15. The van der Waals surface area contributed by atoms with Gasteiger partial charge in [0.15, 0.2) is 0 Å². The molecular weight excluding hydrogens is 394 g/mol. The van der Waals surface area contributed by atoms with E-state index in [4.69, 9.17) is 5.11 Å². The molecule has 1 amide bonds. The van der Waals surface area contributed by atoms with E-state index in [0.29, 0.717) is 25.7 Å². The van der Waals surface area contributed by atoms with Crippen LogP contribution in [0.25, 0.3) is 11.1 Å². The van der Waals surface area contributed by atoms with E-state index in [1.165, 1.54) is 0 Å². The Morgan fingerprint density at radius 1 is 0.871 bits per heavy atom. The zero-order valence-corrected chi connectivity index (χ0v) is 17.5. The smallest absolute Gasteiger partial charge is 0.304 e. The Bertz CT molecular complexity index is 901. The summed E-state index contributed by atoms with van der Waals surface area (Å²) in [5.41, 5.74) is 2.31. The van der Waals surface area contributed by atoms with Crippen molar-refractivity contribution in [1.29, 1.82) is 0 Å². The van der Waals surface area contributed by atoms with Gasteiger partial charge in [-0.2, -0.15) is 0 Å². The molecule has 1 aliphatic rings. The molecule has 0 spiro atoms. The summed E-state index contributed by atoms with van der Waals surface area (Å²) in [6.07, 6.45) is 3.34. The minimum absolute atomic E-state index is 0.0566. The van der Waals surface area contributed by atoms with Gasteiger partial charge in [-0.25, -0.2) is 0 Å². The standard InChI is InChI=1S/C25H29NO5/c27-22(28)13-12-21(26-24(31)25(17-23(29)30)14-4-5-15-25)16-18-8-10-20(11-9-18)19-6-2-1-3-7-19/h1-3,6-11,21H,4-5,12-17H2,(H,26,31)(H,27,28)(H,29,30). The number of carbonyl (C=O) groups excluding carboxylic acids is 1. The van der Waals surface area contributed by atoms with Crippen molar-refractivity contribution in [2.75, 3.05) is 0 Å². The van der Waals surface area contributed by atoms with E-state index in [9.17, 15) is 19.5 Å². The highest BCUT2D eigenvalue weighted by atomic mass is 16.4. The van der Waals surface area contributed by atoms with Crippen LogP contribution >= 0.6 is 0 Å². The summed E-state index contributed by atoms with van der Waals surface area (Å²) in [4.78, 5) is 35.5. The molecular formula is C25H29NO5. The molecule has 0 radical (unpaired) electrons. The third-order valence-corrected chi connectivity index (χ3v) is 6.12. The van der Waals surface area contributed by atoms with Crippen LogP contribution in [-0.4, -0.2) is 34.1 Å². The van der Waals surface area contributed by atoms with Crippen molar-refractivity contribution < 1.29 is 24.6 Å². The molecule has 1 atom stereocenters. The minimum Gasteiger partial charge on any atom is -0.481 e. The van der Waals surface area contributed by atoms with Crippen molar-refractivity contribution in [1.82, 2.24) is 5.32 Å². The summed E-state index contributed by atoms with van der Waals surface area (Å²) in [5, 5.41) is 21.4. The number of amides is 1. The lowest BCUT2D eigenvalue weighted by Crippen LogP contribution is -2.46. The van der Waals surface area contributed by atoms with Gasteiger partial charge in [-0.15, -0.1) is 0 Å². The van der Waals surface area contributed by atoms with Crippen LogP contribution < -0.4 is 5.32 Å². The first-order chi connectivity index (χ1) is 14.9. The van der Waals surface area contributed by atoms with Crippen LogP contribution in [0.2, 0.25) is 0 Å². The molecule has 0 aliphatic heterocycles. The molecule has 6 nitrogen and oxygen atoms in total. The SMILES string of the molecule is O=C(O)CCC(Cc1ccc(-c2ccccc2)cc1)NC(=O)C1(CC(=O)O)CCCC1. The monoisotopic (exact) mass is 423 g/mol. The Balaban J connectivity index is 1.72. The molecule has 1 saturated carbocycles. The maximum Gasteiger partial charge on any atom is 0.304 e. The second-order valence-electron chi connectivity index (χ2n) is 8.43. The summed E-state index contributed by atoms with van der Waals surface area (Å²) in [6, 6.07) is 17.7. The van der Waals surface area contributed by atoms with Crippen LogP contribution in [0.3, 0.4) is 0 Å². The van der Waals surface area contributed by atoms with Gasteiger partial charge in [0.25, 0.3) is 0 Å². The number of aliphatic carboxylic acids is 2. The van der Waals surface area contributed by atoms with Gasteiger partial charge >= 0.3 is 11.9 Å². The highest BCUT2D eigenvalue weighted by Crippen LogP contribution is 2.41. The van der Waals surface area contributed by atoms with Crippen molar-refractivity contribution in [2.45, 2.75) is 57.4 Å². The third kappa shape index (κ3) is 6.17. The lowest BCUT2D eigenvalue weighted by atomic mass is 9.81. The molecule has 0 bridgehead atoms. The lowest BCUT2D eigenvalue weighted by Gasteiger charge is -2.29. The Kier molecular flexibility index (Phi) is 7.45. The van der Waals surface area contributed by atoms with E-state index in [0.717, 1.165) is 29.5 Å². The van der Waals surface area contributed by atoms with Gasteiger partial charge in [-0.05, 0) is 42.4 Å². The molecule has 0 heterocycles. The number of carboxylic acids is 2. The summed E-state index contributed by atoms with van der Waals surface area (Å²) in [7, 11) is 0. The van der Waals surface area contributed by atoms with Gasteiger partial charge in [0.1, 0.15) is 0 Å². The van der Waals surface area contributed by atoms with E-state index >= 15 is 0 Å². The molecule has 3 N–H and O–H groups in total. The molecule has 164 valence electrons. The fourth-order valence-electron chi connectivity index (χ4n) is 4.44. The molecule has 0 saturated heterocycles. The van der Waals surface area contributed by atoms with Crippen LogP contribution in [0, 0.1) is 5.41 Å². The van der Waals surface area contributed by atoms with Crippen molar-refractivity contribution in [2.24, 2.45) is 5.41 Å². The summed E-state index contributed by atoms with van der Waals surface area (Å²) >= 11 is 0. The number of nitrogens with one attached hydrogen (secondary N) is 1. The second-order valence-corrected chi connectivity index (χ2v) is 8.43. The fourth-order valence-corrected chi connectivity index (χ4v) is 4.44. The first-order valence-electron chi connectivity index (χ1n) is 10.8. The number of benzene rings is 2. The van der Waals surface area contributed by atoms with Crippen molar-refractivity contribution >= 4 is 17.8 Å². The quantitative estimate of drug-likeness (QED) is 0.529. The molecule has 1 fully saturated rings. The van der Waals surface area contributed by atoms with E-state index < -0.39 is 17.4 Å². The maximum absolute atomic E-state index is 13.1. The van der Waals surface area contributed by atoms with Gasteiger partial charge in [0.05, 0.1) is 11.8 Å². The molecule has 2 aromatic rings. The summed E-state index contributed by atoms with van der Waals surface area (Å²) in [6.45, 7) is 0. The molecule has 3 rings (SSSR count). The van der Waals surface area contributed by atoms with Crippen LogP contribution in [0.4, 0.5) is 0 Å². The fraction of sp³-hybridized carbons (Fsp3) is 0.400. The van der Waals surface area contributed by atoms with E-state index in [1.807, 2.05) is 54.6 Å². The highest BCUT2D eigenvalue weighted by molar-refractivity contribution is 5.87. The number of hydrogen-bond acceptors (Lipinski definition) is 3. The van der Waals surface area contributed by atoms with E-state index in [1.54, 1.807) is 0 Å². The molecule has 0 aromatic heterocycles. The lowest BCUT2D eigenvalue weighted by molar-refractivity contribution is -0.145. The van der Waals surface area contributed by atoms with Gasteiger partial charge in [0, 0.05) is 12.5 Å². The number of carbonyl (C=O) groups is 3. The number of carboxylic acid groups (broad SMARTS) is 2. The van der Waals surface area contributed by atoms with Gasteiger partial charge in [-0.1, -0.05) is 67.4 Å². The van der Waals surface area contributed by atoms with Gasteiger partial charge in [-0.3, -0.25) is 14.4 Å². The van der Waals surface area contributed by atoms with Crippen molar-refractivity contribution in [3.63, 3.8) is 0 Å². The van der Waals surface area contributed by atoms with Gasteiger partial charge < -0.3 is 15.5 Å². The predicted octanol–water partition coefficient (Wildman–Crippen LogP) is 4.28. The first-order valence-corrected chi connectivity index (χ1v) is 10.8. The molecule has 1 unspecified atom stereocenters. The molecule has 6 heteroatoms. The van der Waals surface area contributed by atoms with Gasteiger partial charge in [0.2, 0.25) is 5.91 Å². The minimum atomic E-state index is -0.976. The second kappa shape index (κ2) is 10.2. The Morgan fingerprint density at radius 3 is 2.06 bits per heavy atom. The molecule has 31 heavy (non-hydrogen) atoms. The predicted molar refractivity (Wildman–Crippen MR) is 118 cm³/mol. The Morgan fingerprint density at radius 2 is 1.48 bits per heavy atom. The average Bonchev–Trinajstić information content (AvgIpc) is 3.22. The zero-order chi connectivity index (χ0) is 22.3. The normalized spacial score (nSPS) is 15.9. The average molecular weight is 424 g/mol. The van der Waals surface area contributed by atoms with Crippen molar-refractivity contribution in [3.05, 3.63) is 60.2 Å². The zero-order valence-electron chi connectivity index (χ0n) is 17.5. The van der Waals surface area contributed by atoms with E-state index in [2.05, 4.69) is 5.32 Å². The number of hydrogen-bond donors (Lipinski definition) is 3. The topological polar surface area (TPSA) is 104 Å². The highest BCUT2D eigenvalue weighted by Gasteiger charge is 2.43.